The van der Waals surface area contributed by atoms with Crippen molar-refractivity contribution in [2.45, 2.75) is 69.4 Å². The number of benzene rings is 1. The molecule has 0 spiro atoms. The first kappa shape index (κ1) is 26.9. The molecular weight excluding hydrogens is 551 g/mol. The Morgan fingerprint density at radius 2 is 1.90 bits per heavy atom. The van der Waals surface area contributed by atoms with E-state index in [1.807, 2.05) is 10.6 Å². The maximum Gasteiger partial charge on any atom is 0.229 e. The fraction of sp³-hybridized carbons (Fsp3) is 0.444. The van der Waals surface area contributed by atoms with E-state index in [0.717, 1.165) is 31.7 Å². The molecule has 2 aliphatic carbocycles. The van der Waals surface area contributed by atoms with Crippen molar-refractivity contribution in [3.05, 3.63) is 47.0 Å². The molecule has 41 heavy (non-hydrogen) atoms. The van der Waals surface area contributed by atoms with Gasteiger partial charge in [-0.25, -0.2) is 14.4 Å². The molecule has 2 fully saturated rings. The smallest absolute Gasteiger partial charge is 0.229 e. The van der Waals surface area contributed by atoms with Gasteiger partial charge in [0, 0.05) is 23.9 Å². The molecule has 3 aromatic heterocycles. The molecule has 2 saturated carbocycles. The Labute approximate surface area is 239 Å². The number of fused-ring (bicyclic) bond motifs is 1. The number of primary amides is 1. The average molecular weight is 579 g/mol. The maximum atomic E-state index is 15.0. The van der Waals surface area contributed by atoms with Gasteiger partial charge in [0.1, 0.15) is 11.3 Å². The zero-order valence-corrected chi connectivity index (χ0v) is 22.8. The third kappa shape index (κ3) is 5.52. The van der Waals surface area contributed by atoms with Crippen molar-refractivity contribution >= 4 is 46.3 Å². The van der Waals surface area contributed by atoms with E-state index in [9.17, 15) is 9.18 Å². The number of carbonyl (C=O) groups excluding carboxylic acids is 1. The van der Waals surface area contributed by atoms with Crippen molar-refractivity contribution in [2.24, 2.45) is 11.7 Å². The summed E-state index contributed by atoms with van der Waals surface area (Å²) < 4.78 is 22.1. The molecule has 4 aromatic rings. The quantitative estimate of drug-likeness (QED) is 0.271. The van der Waals surface area contributed by atoms with Gasteiger partial charge >= 0.3 is 0 Å². The number of nitrogens with one attached hydrogen (secondary N) is 2. The van der Waals surface area contributed by atoms with Gasteiger partial charge in [-0.15, -0.1) is 0 Å². The van der Waals surface area contributed by atoms with E-state index >= 15 is 0 Å². The number of halogens is 2. The summed E-state index contributed by atoms with van der Waals surface area (Å²) in [5.41, 5.74) is 6.80. The Morgan fingerprint density at radius 3 is 2.56 bits per heavy atom. The van der Waals surface area contributed by atoms with Crippen molar-refractivity contribution in [3.63, 3.8) is 0 Å². The lowest BCUT2D eigenvalue weighted by Crippen LogP contribution is -2.29. The van der Waals surface area contributed by atoms with Crippen LogP contribution in [0.15, 0.2) is 29.2 Å². The van der Waals surface area contributed by atoms with Crippen molar-refractivity contribution in [3.8, 4) is 6.07 Å². The van der Waals surface area contributed by atoms with Gasteiger partial charge in [-0.05, 0) is 63.5 Å². The second-order valence-corrected chi connectivity index (χ2v) is 11.0. The Balaban J connectivity index is 1.29. The molecule has 0 saturated heterocycles. The van der Waals surface area contributed by atoms with Crippen LogP contribution in [0.2, 0.25) is 5.02 Å². The van der Waals surface area contributed by atoms with E-state index in [4.69, 9.17) is 32.1 Å². The number of hydrogen-bond acceptors (Lipinski definition) is 10. The summed E-state index contributed by atoms with van der Waals surface area (Å²) >= 11 is 6.34. The Kier molecular flexibility index (Phi) is 7.40. The van der Waals surface area contributed by atoms with Crippen molar-refractivity contribution in [1.82, 2.24) is 29.7 Å². The number of imidazole rings is 1. The Morgan fingerprint density at radius 1 is 1.12 bits per heavy atom. The lowest BCUT2D eigenvalue weighted by Gasteiger charge is -2.29. The molecule has 2 aliphatic rings. The summed E-state index contributed by atoms with van der Waals surface area (Å²) in [6.45, 7) is 0. The normalized spacial score (nSPS) is 22.8. The van der Waals surface area contributed by atoms with Gasteiger partial charge in [0.05, 0.1) is 28.5 Å². The van der Waals surface area contributed by atoms with E-state index in [1.54, 1.807) is 6.20 Å². The highest BCUT2D eigenvalue weighted by Crippen LogP contribution is 2.39. The molecule has 14 heteroatoms. The van der Waals surface area contributed by atoms with Crippen LogP contribution in [0.25, 0.3) is 11.2 Å². The van der Waals surface area contributed by atoms with Gasteiger partial charge in [0.2, 0.25) is 23.7 Å². The van der Waals surface area contributed by atoms with Crippen molar-refractivity contribution in [1.29, 1.82) is 5.26 Å². The van der Waals surface area contributed by atoms with E-state index in [2.05, 4.69) is 30.7 Å². The second-order valence-electron chi connectivity index (χ2n) is 10.6. The highest BCUT2D eigenvalue weighted by atomic mass is 35.5. The Hall–Kier alpha value is -4.31. The molecule has 6 rings (SSSR count). The van der Waals surface area contributed by atoms with Gasteiger partial charge in [0.25, 0.3) is 0 Å². The molecule has 0 aliphatic heterocycles. The predicted octanol–water partition coefficient (Wildman–Crippen LogP) is 4.97. The number of aromatic nitrogens is 6. The van der Waals surface area contributed by atoms with Crippen LogP contribution in [0.5, 0.6) is 0 Å². The molecule has 3 heterocycles. The minimum Gasteiger partial charge on any atom is -0.369 e. The summed E-state index contributed by atoms with van der Waals surface area (Å²) in [5.74, 6) is 0.589. The number of anilines is 3. The van der Waals surface area contributed by atoms with Gasteiger partial charge in [-0.2, -0.15) is 15.2 Å². The van der Waals surface area contributed by atoms with Crippen LogP contribution in [-0.4, -0.2) is 41.6 Å². The van der Waals surface area contributed by atoms with E-state index in [1.165, 1.54) is 12.4 Å². The van der Waals surface area contributed by atoms with Crippen LogP contribution < -0.4 is 16.4 Å². The molecule has 0 radical (unpaired) electrons. The first-order valence-corrected chi connectivity index (χ1v) is 14.0. The highest BCUT2D eigenvalue weighted by Gasteiger charge is 2.30. The number of nitriles is 1. The van der Waals surface area contributed by atoms with Crippen LogP contribution in [0.4, 0.5) is 22.0 Å². The fourth-order valence-corrected chi connectivity index (χ4v) is 6.17. The minimum atomic E-state index is -0.672. The minimum absolute atomic E-state index is 0.0114. The molecule has 1 aromatic carbocycles. The molecule has 0 atom stereocenters. The monoisotopic (exact) mass is 578 g/mol. The first-order valence-electron chi connectivity index (χ1n) is 13.6. The fourth-order valence-electron chi connectivity index (χ4n) is 5.91. The molecule has 0 unspecified atom stereocenters. The number of amides is 1. The van der Waals surface area contributed by atoms with Crippen molar-refractivity contribution < 1.29 is 13.7 Å². The highest BCUT2D eigenvalue weighted by molar-refractivity contribution is 6.33. The third-order valence-electron chi connectivity index (χ3n) is 8.09. The van der Waals surface area contributed by atoms with Crippen LogP contribution in [-0.2, 0) is 4.79 Å². The molecule has 0 bridgehead atoms. The predicted molar refractivity (Wildman–Crippen MR) is 148 cm³/mol. The summed E-state index contributed by atoms with van der Waals surface area (Å²) in [7, 11) is 0. The van der Waals surface area contributed by atoms with Gasteiger partial charge in [-0.1, -0.05) is 16.8 Å². The number of nitrogens with two attached hydrogens (primary N) is 1. The number of hydrogen-bond donors (Lipinski definition) is 3. The van der Waals surface area contributed by atoms with Crippen molar-refractivity contribution in [2.75, 3.05) is 10.6 Å². The van der Waals surface area contributed by atoms with Gasteiger partial charge in [0.15, 0.2) is 12.0 Å². The topological polar surface area (TPSA) is 173 Å². The molecule has 212 valence electrons. The number of rotatable bonds is 7. The molecule has 1 amide bonds. The Bertz CT molecular complexity index is 1580. The van der Waals surface area contributed by atoms with Crippen LogP contribution in [0.3, 0.4) is 0 Å². The zero-order valence-electron chi connectivity index (χ0n) is 22.1. The molecular formula is C27H28ClFN10O2. The third-order valence-corrected chi connectivity index (χ3v) is 8.39. The van der Waals surface area contributed by atoms with E-state index in [-0.39, 0.29) is 46.1 Å². The zero-order chi connectivity index (χ0) is 28.5. The van der Waals surface area contributed by atoms with Gasteiger partial charge in [-0.3, -0.25) is 9.36 Å². The standard InChI is InChI=1S/C27H28ClFN10O2/c28-19-9-14(11-30)10-20(29)22(19)37-27-36-21-12-32-26(35-17-5-1-16(2-6-17)25-33-13-34-41-25)38-24(21)39(27)18-7-3-15(4-8-18)23(31)40/h9-10,12-13,15-18H,1-8H2,(H2,31,40)(H,36,37)(H,32,35,38). The van der Waals surface area contributed by atoms with Gasteiger partial charge < -0.3 is 20.9 Å². The second kappa shape index (κ2) is 11.3. The summed E-state index contributed by atoms with van der Waals surface area (Å²) in [5, 5.41) is 19.4. The van der Waals surface area contributed by atoms with Crippen LogP contribution >= 0.6 is 11.6 Å². The summed E-state index contributed by atoms with van der Waals surface area (Å²) in [6.07, 6.45) is 9.29. The lowest BCUT2D eigenvalue weighted by molar-refractivity contribution is -0.122. The van der Waals surface area contributed by atoms with Crippen LogP contribution in [0, 0.1) is 23.1 Å². The summed E-state index contributed by atoms with van der Waals surface area (Å²) in [4.78, 5) is 30.0. The maximum absolute atomic E-state index is 15.0. The molecule has 12 nitrogen and oxygen atoms in total. The lowest BCUT2D eigenvalue weighted by atomic mass is 9.85. The van der Waals surface area contributed by atoms with E-state index < -0.39 is 5.82 Å². The summed E-state index contributed by atoms with van der Waals surface area (Å²) in [6, 6.07) is 4.53. The largest absolute Gasteiger partial charge is 0.369 e. The molecule has 4 N–H and O–H groups in total. The number of nitrogens with zero attached hydrogens (tertiary/aromatic N) is 7. The first-order chi connectivity index (χ1) is 19.9. The van der Waals surface area contributed by atoms with Crippen LogP contribution in [0.1, 0.15) is 74.8 Å². The average Bonchev–Trinajstić information content (AvgIpc) is 3.63. The SMILES string of the molecule is N#Cc1cc(F)c(Nc2nc3cnc(NC4CCC(c5ncno5)CC4)nc3n2C2CCC(C(N)=O)CC2)c(Cl)c1. The number of carbonyl (C=O) groups is 1. The van der Waals surface area contributed by atoms with E-state index in [0.29, 0.717) is 54.6 Å².